The zero-order chi connectivity index (χ0) is 16.3. The number of carbonyl (C=O) groups is 1. The Morgan fingerprint density at radius 3 is 2.64 bits per heavy atom. The zero-order valence-corrected chi connectivity index (χ0v) is 14.1. The fourth-order valence-corrected chi connectivity index (χ4v) is 3.34. The van der Waals surface area contributed by atoms with Crippen LogP contribution in [0, 0.1) is 0 Å². The van der Waals surface area contributed by atoms with Crippen molar-refractivity contribution in [2.75, 3.05) is 26.2 Å². The van der Waals surface area contributed by atoms with Crippen LogP contribution in [0.1, 0.15) is 25.5 Å². The van der Waals surface area contributed by atoms with Gasteiger partial charge in [0.2, 0.25) is 0 Å². The molecular weight excluding hydrogens is 327 g/mol. The van der Waals surface area contributed by atoms with Gasteiger partial charge in [0, 0.05) is 25.7 Å². The van der Waals surface area contributed by atoms with Crippen LogP contribution in [0.25, 0.3) is 0 Å². The minimum Gasteiger partial charge on any atom is -0.491 e. The second kappa shape index (κ2) is 7.51. The SMILES string of the molecule is CCOc1c(Cl)cc(C(C(=O)O)N2CCNC(C)C2)cc1Cl. The number of hydrogen-bond donors (Lipinski definition) is 2. The highest BCUT2D eigenvalue weighted by Crippen LogP contribution is 2.37. The van der Waals surface area contributed by atoms with Crippen molar-refractivity contribution in [2.24, 2.45) is 0 Å². The minimum absolute atomic E-state index is 0.240. The number of halogens is 2. The van der Waals surface area contributed by atoms with Gasteiger partial charge in [-0.2, -0.15) is 0 Å². The van der Waals surface area contributed by atoms with Crippen LogP contribution in [0.15, 0.2) is 12.1 Å². The van der Waals surface area contributed by atoms with Crippen molar-refractivity contribution in [1.82, 2.24) is 10.2 Å². The first-order valence-corrected chi connectivity index (χ1v) is 8.01. The summed E-state index contributed by atoms with van der Waals surface area (Å²) in [5, 5.41) is 13.6. The summed E-state index contributed by atoms with van der Waals surface area (Å²) >= 11 is 12.4. The summed E-state index contributed by atoms with van der Waals surface area (Å²) in [6.45, 7) is 6.37. The fraction of sp³-hybridized carbons (Fsp3) is 0.533. The van der Waals surface area contributed by atoms with Crippen LogP contribution in [0.5, 0.6) is 5.75 Å². The van der Waals surface area contributed by atoms with Crippen LogP contribution in [0.2, 0.25) is 10.0 Å². The molecule has 1 aliphatic rings. The van der Waals surface area contributed by atoms with E-state index in [2.05, 4.69) is 5.32 Å². The molecule has 0 aliphatic carbocycles. The van der Waals surface area contributed by atoms with E-state index in [4.69, 9.17) is 27.9 Å². The van der Waals surface area contributed by atoms with Gasteiger partial charge in [-0.15, -0.1) is 0 Å². The third kappa shape index (κ3) is 3.84. The first-order chi connectivity index (χ1) is 10.4. The van der Waals surface area contributed by atoms with E-state index in [1.165, 1.54) is 0 Å². The number of aliphatic carboxylic acids is 1. The number of nitrogens with one attached hydrogen (secondary N) is 1. The molecule has 1 aliphatic heterocycles. The first-order valence-electron chi connectivity index (χ1n) is 7.26. The number of benzene rings is 1. The second-order valence-corrected chi connectivity index (χ2v) is 6.15. The molecule has 2 atom stereocenters. The fourth-order valence-electron chi connectivity index (χ4n) is 2.73. The van der Waals surface area contributed by atoms with Gasteiger partial charge >= 0.3 is 5.97 Å². The Kier molecular flexibility index (Phi) is 5.92. The Hall–Kier alpha value is -1.01. The largest absolute Gasteiger partial charge is 0.491 e. The van der Waals surface area contributed by atoms with Crippen LogP contribution in [0.3, 0.4) is 0 Å². The van der Waals surface area contributed by atoms with Gasteiger partial charge in [-0.1, -0.05) is 23.2 Å². The third-order valence-corrected chi connectivity index (χ3v) is 4.19. The van der Waals surface area contributed by atoms with Gasteiger partial charge < -0.3 is 15.2 Å². The summed E-state index contributed by atoms with van der Waals surface area (Å²) in [5.74, 6) is -0.516. The molecule has 0 amide bonds. The van der Waals surface area contributed by atoms with Gasteiger partial charge in [-0.05, 0) is 31.5 Å². The van der Waals surface area contributed by atoms with Crippen LogP contribution in [0.4, 0.5) is 0 Å². The van der Waals surface area contributed by atoms with E-state index in [1.54, 1.807) is 12.1 Å². The normalized spacial score (nSPS) is 20.6. The van der Waals surface area contributed by atoms with E-state index in [1.807, 2.05) is 18.7 Å². The standard InChI is InChI=1S/C15H20Cl2N2O3/c1-3-22-14-11(16)6-10(7-12(14)17)13(15(20)21)19-5-4-18-9(2)8-19/h6-7,9,13,18H,3-5,8H2,1-2H3,(H,20,21). The van der Waals surface area contributed by atoms with Crippen molar-refractivity contribution < 1.29 is 14.6 Å². The molecule has 1 aromatic carbocycles. The van der Waals surface area contributed by atoms with Crippen molar-refractivity contribution in [2.45, 2.75) is 25.9 Å². The van der Waals surface area contributed by atoms with Crippen molar-refractivity contribution in [3.05, 3.63) is 27.7 Å². The molecule has 2 N–H and O–H groups in total. The number of hydrogen-bond acceptors (Lipinski definition) is 4. The van der Waals surface area contributed by atoms with E-state index in [0.29, 0.717) is 41.1 Å². The number of carboxylic acids is 1. The lowest BCUT2D eigenvalue weighted by atomic mass is 10.0. The maximum absolute atomic E-state index is 11.8. The molecule has 7 heteroatoms. The Morgan fingerprint density at radius 2 is 2.14 bits per heavy atom. The lowest BCUT2D eigenvalue weighted by molar-refractivity contribution is -0.144. The molecule has 1 fully saturated rings. The zero-order valence-electron chi connectivity index (χ0n) is 12.6. The Balaban J connectivity index is 2.34. The lowest BCUT2D eigenvalue weighted by Gasteiger charge is -2.36. The van der Waals surface area contributed by atoms with Gasteiger partial charge in [0.1, 0.15) is 6.04 Å². The second-order valence-electron chi connectivity index (χ2n) is 5.34. The Morgan fingerprint density at radius 1 is 1.50 bits per heavy atom. The highest BCUT2D eigenvalue weighted by atomic mass is 35.5. The molecule has 0 aromatic heterocycles. The topological polar surface area (TPSA) is 61.8 Å². The van der Waals surface area contributed by atoms with Gasteiger partial charge in [0.05, 0.1) is 16.7 Å². The molecule has 5 nitrogen and oxygen atoms in total. The van der Waals surface area contributed by atoms with Crippen molar-refractivity contribution in [3.63, 3.8) is 0 Å². The average molecular weight is 347 g/mol. The number of nitrogens with zero attached hydrogens (tertiary/aromatic N) is 1. The summed E-state index contributed by atoms with van der Waals surface area (Å²) in [7, 11) is 0. The molecule has 22 heavy (non-hydrogen) atoms. The van der Waals surface area contributed by atoms with Crippen molar-refractivity contribution >= 4 is 29.2 Å². The average Bonchev–Trinajstić information content (AvgIpc) is 2.43. The predicted molar refractivity (Wildman–Crippen MR) is 87.0 cm³/mol. The molecule has 1 heterocycles. The molecule has 0 bridgehead atoms. The monoisotopic (exact) mass is 346 g/mol. The quantitative estimate of drug-likeness (QED) is 0.858. The molecule has 1 saturated heterocycles. The Bertz CT molecular complexity index is 531. The summed E-state index contributed by atoms with van der Waals surface area (Å²) in [6.07, 6.45) is 0. The molecule has 1 aromatic rings. The van der Waals surface area contributed by atoms with E-state index < -0.39 is 12.0 Å². The molecule has 0 radical (unpaired) electrons. The molecular formula is C15H20Cl2N2O3. The van der Waals surface area contributed by atoms with Gasteiger partial charge in [0.15, 0.2) is 5.75 Å². The van der Waals surface area contributed by atoms with Crippen LogP contribution in [-0.4, -0.2) is 48.3 Å². The highest BCUT2D eigenvalue weighted by Gasteiger charge is 2.31. The van der Waals surface area contributed by atoms with Crippen LogP contribution < -0.4 is 10.1 Å². The molecule has 0 spiro atoms. The van der Waals surface area contributed by atoms with Gasteiger partial charge in [0.25, 0.3) is 0 Å². The Labute approximate surface area is 140 Å². The maximum atomic E-state index is 11.8. The predicted octanol–water partition coefficient (Wildman–Crippen LogP) is 2.81. The van der Waals surface area contributed by atoms with Crippen LogP contribution in [-0.2, 0) is 4.79 Å². The van der Waals surface area contributed by atoms with E-state index in [-0.39, 0.29) is 6.04 Å². The molecule has 2 rings (SSSR count). The van der Waals surface area contributed by atoms with Gasteiger partial charge in [-0.3, -0.25) is 9.69 Å². The van der Waals surface area contributed by atoms with Crippen molar-refractivity contribution in [1.29, 1.82) is 0 Å². The molecule has 122 valence electrons. The summed E-state index contributed by atoms with van der Waals surface area (Å²) in [6, 6.07) is 2.73. The smallest absolute Gasteiger partial charge is 0.325 e. The van der Waals surface area contributed by atoms with E-state index in [9.17, 15) is 9.90 Å². The third-order valence-electron chi connectivity index (χ3n) is 3.62. The first kappa shape index (κ1) is 17.3. The maximum Gasteiger partial charge on any atom is 0.325 e. The number of ether oxygens (including phenoxy) is 1. The minimum atomic E-state index is -0.912. The lowest BCUT2D eigenvalue weighted by Crippen LogP contribution is -2.51. The highest BCUT2D eigenvalue weighted by molar-refractivity contribution is 6.37. The molecule has 0 saturated carbocycles. The molecule has 2 unspecified atom stereocenters. The number of piperazine rings is 1. The van der Waals surface area contributed by atoms with Gasteiger partial charge in [-0.25, -0.2) is 0 Å². The van der Waals surface area contributed by atoms with E-state index in [0.717, 1.165) is 6.54 Å². The number of carboxylic acid groups (broad SMARTS) is 1. The number of rotatable bonds is 5. The van der Waals surface area contributed by atoms with Crippen molar-refractivity contribution in [3.8, 4) is 5.75 Å². The van der Waals surface area contributed by atoms with E-state index >= 15 is 0 Å². The van der Waals surface area contributed by atoms with Crippen LogP contribution >= 0.6 is 23.2 Å². The summed E-state index contributed by atoms with van der Waals surface area (Å²) < 4.78 is 5.39. The summed E-state index contributed by atoms with van der Waals surface area (Å²) in [4.78, 5) is 13.7. The summed E-state index contributed by atoms with van der Waals surface area (Å²) in [5.41, 5.74) is 0.569.